The van der Waals surface area contributed by atoms with Gasteiger partial charge >= 0.3 is 0 Å². The van der Waals surface area contributed by atoms with E-state index in [0.717, 1.165) is 37.0 Å². The third kappa shape index (κ3) is 0.786. The highest BCUT2D eigenvalue weighted by Crippen LogP contribution is 2.63. The number of fused-ring (bicyclic) bond motifs is 1. The van der Waals surface area contributed by atoms with Gasteiger partial charge in [-0.05, 0) is 19.3 Å². The summed E-state index contributed by atoms with van der Waals surface area (Å²) in [5.74, 6) is 0.815. The van der Waals surface area contributed by atoms with Crippen molar-refractivity contribution in [2.75, 3.05) is 6.54 Å². The van der Waals surface area contributed by atoms with Gasteiger partial charge in [-0.3, -0.25) is 0 Å². The van der Waals surface area contributed by atoms with Gasteiger partial charge < -0.3 is 15.4 Å². The van der Waals surface area contributed by atoms with E-state index >= 15 is 0 Å². The van der Waals surface area contributed by atoms with Gasteiger partial charge in [0, 0.05) is 23.9 Å². The van der Waals surface area contributed by atoms with Crippen molar-refractivity contribution >= 4 is 0 Å². The lowest BCUT2D eigenvalue weighted by Gasteiger charge is -2.38. The van der Waals surface area contributed by atoms with Gasteiger partial charge in [-0.2, -0.15) is 0 Å². The predicted octanol–water partition coefficient (Wildman–Crippen LogP) is 0.547. The van der Waals surface area contributed by atoms with Crippen LogP contribution in [0, 0.1) is 5.41 Å². The molecule has 0 aliphatic heterocycles. The summed E-state index contributed by atoms with van der Waals surface area (Å²) >= 11 is 0. The molecule has 1 spiro atoms. The lowest BCUT2D eigenvalue weighted by Crippen LogP contribution is -2.46. The van der Waals surface area contributed by atoms with Gasteiger partial charge in [-0.15, -0.1) is 0 Å². The fourth-order valence-corrected chi connectivity index (χ4v) is 2.77. The maximum absolute atomic E-state index is 10.6. The predicted molar refractivity (Wildman–Crippen MR) is 49.4 cm³/mol. The van der Waals surface area contributed by atoms with Crippen molar-refractivity contribution in [1.29, 1.82) is 0 Å². The summed E-state index contributed by atoms with van der Waals surface area (Å²) in [6.45, 7) is 0.265. The van der Waals surface area contributed by atoms with Crippen LogP contribution in [-0.4, -0.2) is 16.8 Å². The number of aliphatic hydroxyl groups is 1. The summed E-state index contributed by atoms with van der Waals surface area (Å²) in [4.78, 5) is 0. The van der Waals surface area contributed by atoms with E-state index in [1.807, 2.05) is 0 Å². The normalized spacial score (nSPS) is 33.0. The SMILES string of the molecule is NCC1(O)c2cnoc2CCC12CC2. The molecule has 3 rings (SSSR count). The van der Waals surface area contributed by atoms with E-state index in [0.29, 0.717) is 0 Å². The van der Waals surface area contributed by atoms with Gasteiger partial charge in [0.05, 0.1) is 6.20 Å². The molecule has 1 unspecified atom stereocenters. The van der Waals surface area contributed by atoms with Crippen LogP contribution >= 0.6 is 0 Å². The first kappa shape index (κ1) is 8.44. The van der Waals surface area contributed by atoms with E-state index in [4.69, 9.17) is 10.3 Å². The van der Waals surface area contributed by atoms with Crippen LogP contribution < -0.4 is 5.73 Å². The standard InChI is InChI=1S/C10H14N2O2/c11-6-10(13)7-5-12-14-8(7)1-2-9(10)3-4-9/h5,13H,1-4,6,11H2. The Bertz CT molecular complexity index is 370. The van der Waals surface area contributed by atoms with Crippen molar-refractivity contribution in [3.8, 4) is 0 Å². The Morgan fingerprint density at radius 1 is 1.50 bits per heavy atom. The topological polar surface area (TPSA) is 72.3 Å². The highest BCUT2D eigenvalue weighted by molar-refractivity contribution is 5.33. The van der Waals surface area contributed by atoms with E-state index in [1.54, 1.807) is 6.20 Å². The number of hydrogen-bond donors (Lipinski definition) is 2. The average molecular weight is 194 g/mol. The zero-order chi connectivity index (χ0) is 9.81. The van der Waals surface area contributed by atoms with E-state index in [2.05, 4.69) is 5.16 Å². The molecule has 4 nitrogen and oxygen atoms in total. The van der Waals surface area contributed by atoms with Crippen molar-refractivity contribution in [3.05, 3.63) is 17.5 Å². The Labute approximate surface area is 82.1 Å². The van der Waals surface area contributed by atoms with Crippen LogP contribution in [-0.2, 0) is 12.0 Å². The number of aryl methyl sites for hydroxylation is 1. The highest BCUT2D eigenvalue weighted by atomic mass is 16.5. The van der Waals surface area contributed by atoms with Crippen LogP contribution in [0.1, 0.15) is 30.6 Å². The summed E-state index contributed by atoms with van der Waals surface area (Å²) in [6.07, 6.45) is 5.64. The van der Waals surface area contributed by atoms with Gasteiger partial charge in [0.2, 0.25) is 0 Å². The molecule has 1 heterocycles. The summed E-state index contributed by atoms with van der Waals surface area (Å²) in [6, 6.07) is 0. The molecule has 4 heteroatoms. The minimum Gasteiger partial charge on any atom is -0.383 e. The van der Waals surface area contributed by atoms with Crippen LogP contribution in [0.2, 0.25) is 0 Å². The van der Waals surface area contributed by atoms with Gasteiger partial charge in [-0.1, -0.05) is 5.16 Å². The number of aromatic nitrogens is 1. The first-order valence-corrected chi connectivity index (χ1v) is 5.08. The Morgan fingerprint density at radius 3 is 2.93 bits per heavy atom. The maximum atomic E-state index is 10.6. The van der Waals surface area contributed by atoms with Crippen LogP contribution in [0.5, 0.6) is 0 Å². The van der Waals surface area contributed by atoms with Gasteiger partial charge in [-0.25, -0.2) is 0 Å². The zero-order valence-electron chi connectivity index (χ0n) is 7.99. The van der Waals surface area contributed by atoms with Crippen LogP contribution in [0.3, 0.4) is 0 Å². The number of nitrogens with zero attached hydrogens (tertiary/aromatic N) is 1. The van der Waals surface area contributed by atoms with E-state index in [-0.39, 0.29) is 12.0 Å². The molecule has 0 amide bonds. The smallest absolute Gasteiger partial charge is 0.142 e. The largest absolute Gasteiger partial charge is 0.383 e. The molecule has 0 saturated heterocycles. The average Bonchev–Trinajstić information content (AvgIpc) is 2.82. The van der Waals surface area contributed by atoms with Crippen molar-refractivity contribution in [1.82, 2.24) is 5.16 Å². The van der Waals surface area contributed by atoms with Crippen molar-refractivity contribution in [2.24, 2.45) is 11.1 Å². The van der Waals surface area contributed by atoms with Crippen molar-refractivity contribution < 1.29 is 9.63 Å². The van der Waals surface area contributed by atoms with Crippen LogP contribution in [0.15, 0.2) is 10.7 Å². The fourth-order valence-electron chi connectivity index (χ4n) is 2.77. The van der Waals surface area contributed by atoms with Crippen LogP contribution in [0.4, 0.5) is 0 Å². The fraction of sp³-hybridized carbons (Fsp3) is 0.700. The van der Waals surface area contributed by atoms with E-state index in [9.17, 15) is 5.11 Å². The lowest BCUT2D eigenvalue weighted by atomic mass is 9.71. The molecule has 0 aromatic carbocycles. The summed E-state index contributed by atoms with van der Waals surface area (Å²) < 4.78 is 5.11. The highest BCUT2D eigenvalue weighted by Gasteiger charge is 2.61. The molecule has 1 atom stereocenters. The third-order valence-corrected chi connectivity index (χ3v) is 3.95. The number of rotatable bonds is 1. The van der Waals surface area contributed by atoms with Crippen LogP contribution in [0.25, 0.3) is 0 Å². The molecule has 0 bridgehead atoms. The molecule has 14 heavy (non-hydrogen) atoms. The van der Waals surface area contributed by atoms with Crippen molar-refractivity contribution in [3.63, 3.8) is 0 Å². The third-order valence-electron chi connectivity index (χ3n) is 3.95. The Kier molecular flexibility index (Phi) is 1.43. The molecule has 1 saturated carbocycles. The molecule has 2 aliphatic rings. The van der Waals surface area contributed by atoms with Gasteiger partial charge in [0.25, 0.3) is 0 Å². The monoisotopic (exact) mass is 194 g/mol. The Morgan fingerprint density at radius 2 is 2.29 bits per heavy atom. The first-order valence-electron chi connectivity index (χ1n) is 5.08. The van der Waals surface area contributed by atoms with E-state index in [1.165, 1.54) is 0 Å². The summed E-state index contributed by atoms with van der Waals surface area (Å²) in [5, 5.41) is 14.3. The number of nitrogens with two attached hydrogens (primary N) is 1. The molecular formula is C10H14N2O2. The molecule has 3 N–H and O–H groups in total. The second-order valence-corrected chi connectivity index (χ2v) is 4.51. The lowest BCUT2D eigenvalue weighted by molar-refractivity contribution is -0.0442. The molecular weight excluding hydrogens is 180 g/mol. The van der Waals surface area contributed by atoms with Gasteiger partial charge in [0.1, 0.15) is 11.4 Å². The first-order chi connectivity index (χ1) is 6.72. The Balaban J connectivity index is 2.15. The minimum absolute atomic E-state index is 0.0281. The maximum Gasteiger partial charge on any atom is 0.142 e. The zero-order valence-corrected chi connectivity index (χ0v) is 7.99. The van der Waals surface area contributed by atoms with Gasteiger partial charge in [0.15, 0.2) is 0 Å². The molecule has 1 aromatic rings. The summed E-state index contributed by atoms with van der Waals surface area (Å²) in [7, 11) is 0. The van der Waals surface area contributed by atoms with E-state index < -0.39 is 5.60 Å². The quantitative estimate of drug-likeness (QED) is 0.684. The molecule has 1 fully saturated rings. The molecule has 0 radical (unpaired) electrons. The molecule has 1 aromatic heterocycles. The molecule has 2 aliphatic carbocycles. The second-order valence-electron chi connectivity index (χ2n) is 4.51. The Hall–Kier alpha value is -0.870. The summed E-state index contributed by atoms with van der Waals surface area (Å²) in [5.41, 5.74) is 5.67. The minimum atomic E-state index is -0.888. The second kappa shape index (κ2) is 2.38. The van der Waals surface area contributed by atoms with Crippen molar-refractivity contribution in [2.45, 2.75) is 31.3 Å². The molecule has 76 valence electrons. The number of hydrogen-bond acceptors (Lipinski definition) is 4.